The van der Waals surface area contributed by atoms with Gasteiger partial charge in [0.25, 0.3) is 0 Å². The van der Waals surface area contributed by atoms with E-state index in [0.717, 1.165) is 18.2 Å². The van der Waals surface area contributed by atoms with E-state index in [0.29, 0.717) is 5.56 Å². The van der Waals surface area contributed by atoms with Gasteiger partial charge < -0.3 is 13.9 Å². The lowest BCUT2D eigenvalue weighted by Gasteiger charge is -2.35. The fourth-order valence-corrected chi connectivity index (χ4v) is 3.45. The zero-order valence-electron chi connectivity index (χ0n) is 17.2. The van der Waals surface area contributed by atoms with Crippen LogP contribution in [-0.2, 0) is 11.0 Å². The van der Waals surface area contributed by atoms with E-state index in [-0.39, 0.29) is 23.2 Å². The molecule has 2 aromatic rings. The standard InChI is InChI=1S/C20H26FNO6Si/c1-20(2,3)29(4,5)27-12-15-10-17(23)18(24)19(28-15)16(11-22(25)26)13-6-8-14(21)9-7-13/h6-10,16,24H,11-12H2,1-5H3/t16-/m0/s1. The number of rotatable bonds is 7. The van der Waals surface area contributed by atoms with Crippen LogP contribution in [0.1, 0.15) is 43.8 Å². The Morgan fingerprint density at radius 3 is 2.38 bits per heavy atom. The average Bonchev–Trinajstić information content (AvgIpc) is 2.60. The summed E-state index contributed by atoms with van der Waals surface area (Å²) in [6, 6.07) is 6.16. The molecule has 2 rings (SSSR count). The minimum absolute atomic E-state index is 0.00755. The molecule has 0 amide bonds. The average molecular weight is 424 g/mol. The molecule has 1 heterocycles. The third-order valence-electron chi connectivity index (χ3n) is 5.30. The molecule has 0 aliphatic carbocycles. The Balaban J connectivity index is 2.45. The molecule has 158 valence electrons. The van der Waals surface area contributed by atoms with Crippen molar-refractivity contribution >= 4 is 8.32 Å². The van der Waals surface area contributed by atoms with Crippen LogP contribution in [-0.4, -0.2) is 24.9 Å². The number of nitro groups is 1. The smallest absolute Gasteiger partial charge is 0.227 e. The van der Waals surface area contributed by atoms with Gasteiger partial charge in [-0.1, -0.05) is 32.9 Å². The zero-order valence-corrected chi connectivity index (χ0v) is 18.2. The SMILES string of the molecule is CC(C)(C)[Si](C)(C)OCc1cc(=O)c(O)c([C@@H](C[N+](=O)[O-])c2ccc(F)cc2)o1. The van der Waals surface area contributed by atoms with Gasteiger partial charge in [-0.2, -0.15) is 0 Å². The van der Waals surface area contributed by atoms with E-state index >= 15 is 0 Å². The number of aromatic hydroxyl groups is 1. The largest absolute Gasteiger partial charge is 0.502 e. The second kappa shape index (κ2) is 8.46. The Morgan fingerprint density at radius 2 is 1.86 bits per heavy atom. The topological polar surface area (TPSA) is 103 Å². The highest BCUT2D eigenvalue weighted by Crippen LogP contribution is 2.37. The molecule has 0 saturated carbocycles. The number of nitrogens with zero attached hydrogens (tertiary/aromatic N) is 1. The van der Waals surface area contributed by atoms with Crippen LogP contribution in [0.5, 0.6) is 5.75 Å². The van der Waals surface area contributed by atoms with Crippen molar-refractivity contribution in [2.24, 2.45) is 0 Å². The highest BCUT2D eigenvalue weighted by atomic mass is 28.4. The van der Waals surface area contributed by atoms with Crippen molar-refractivity contribution in [2.75, 3.05) is 6.54 Å². The molecular weight excluding hydrogens is 397 g/mol. The molecule has 1 atom stereocenters. The van der Waals surface area contributed by atoms with Crippen LogP contribution in [0, 0.1) is 15.9 Å². The minimum atomic E-state index is -2.13. The lowest BCUT2D eigenvalue weighted by molar-refractivity contribution is -0.482. The van der Waals surface area contributed by atoms with E-state index in [2.05, 4.69) is 20.8 Å². The first-order valence-corrected chi connectivity index (χ1v) is 12.1. The van der Waals surface area contributed by atoms with Crippen molar-refractivity contribution in [3.8, 4) is 5.75 Å². The first-order valence-electron chi connectivity index (χ1n) is 9.19. The molecule has 0 bridgehead atoms. The summed E-state index contributed by atoms with van der Waals surface area (Å²) in [5.74, 6) is -2.31. The maximum atomic E-state index is 13.3. The summed E-state index contributed by atoms with van der Waals surface area (Å²) in [7, 11) is -2.13. The predicted molar refractivity (Wildman–Crippen MR) is 109 cm³/mol. The van der Waals surface area contributed by atoms with Gasteiger partial charge in [-0.15, -0.1) is 0 Å². The maximum absolute atomic E-state index is 13.3. The van der Waals surface area contributed by atoms with Gasteiger partial charge in [0.2, 0.25) is 17.7 Å². The summed E-state index contributed by atoms with van der Waals surface area (Å²) < 4.78 is 25.0. The van der Waals surface area contributed by atoms with Crippen LogP contribution in [0.25, 0.3) is 0 Å². The Labute approximate surface area is 169 Å². The van der Waals surface area contributed by atoms with E-state index < -0.39 is 42.7 Å². The summed E-state index contributed by atoms with van der Waals surface area (Å²) >= 11 is 0. The van der Waals surface area contributed by atoms with Gasteiger partial charge in [0.1, 0.15) is 17.5 Å². The van der Waals surface area contributed by atoms with E-state index in [1.165, 1.54) is 12.1 Å². The Morgan fingerprint density at radius 1 is 1.28 bits per heavy atom. The first-order chi connectivity index (χ1) is 13.3. The van der Waals surface area contributed by atoms with Crippen LogP contribution in [0.15, 0.2) is 39.5 Å². The van der Waals surface area contributed by atoms with Gasteiger partial charge in [0.15, 0.2) is 14.1 Å². The second-order valence-corrected chi connectivity index (χ2v) is 13.3. The molecule has 9 heteroatoms. The number of halogens is 1. The lowest BCUT2D eigenvalue weighted by atomic mass is 9.95. The summed E-state index contributed by atoms with van der Waals surface area (Å²) in [4.78, 5) is 22.9. The van der Waals surface area contributed by atoms with E-state index in [1.807, 2.05) is 13.1 Å². The van der Waals surface area contributed by atoms with Crippen LogP contribution in [0.4, 0.5) is 4.39 Å². The van der Waals surface area contributed by atoms with Gasteiger partial charge in [-0.3, -0.25) is 14.9 Å². The highest BCUT2D eigenvalue weighted by molar-refractivity contribution is 6.74. The minimum Gasteiger partial charge on any atom is -0.502 e. The van der Waals surface area contributed by atoms with Crippen LogP contribution in [0.3, 0.4) is 0 Å². The zero-order chi connectivity index (χ0) is 22.0. The molecule has 0 fully saturated rings. The Hall–Kier alpha value is -2.52. The summed E-state index contributed by atoms with van der Waals surface area (Å²) in [5.41, 5.74) is -0.362. The van der Waals surface area contributed by atoms with Crippen molar-refractivity contribution in [3.63, 3.8) is 0 Å². The molecule has 1 N–H and O–H groups in total. The monoisotopic (exact) mass is 423 g/mol. The van der Waals surface area contributed by atoms with E-state index in [4.69, 9.17) is 8.84 Å². The Bertz CT molecular complexity index is 933. The summed E-state index contributed by atoms with van der Waals surface area (Å²) in [5, 5.41) is 21.4. The van der Waals surface area contributed by atoms with Crippen molar-refractivity contribution < 1.29 is 23.3 Å². The third-order valence-corrected chi connectivity index (χ3v) is 9.78. The van der Waals surface area contributed by atoms with Crippen LogP contribution >= 0.6 is 0 Å². The molecular formula is C20H26FNO6Si. The third kappa shape index (κ3) is 5.51. The predicted octanol–water partition coefficient (Wildman–Crippen LogP) is 4.41. The van der Waals surface area contributed by atoms with Crippen molar-refractivity contribution in [1.82, 2.24) is 0 Å². The van der Waals surface area contributed by atoms with Crippen LogP contribution < -0.4 is 5.43 Å². The van der Waals surface area contributed by atoms with Crippen LogP contribution in [0.2, 0.25) is 18.1 Å². The first kappa shape index (κ1) is 22.8. The molecule has 0 spiro atoms. The van der Waals surface area contributed by atoms with E-state index in [1.54, 1.807) is 0 Å². The van der Waals surface area contributed by atoms with Crippen molar-refractivity contribution in [3.05, 3.63) is 73.6 Å². The van der Waals surface area contributed by atoms with Gasteiger partial charge in [-0.25, -0.2) is 4.39 Å². The second-order valence-electron chi connectivity index (χ2n) is 8.46. The molecule has 1 aromatic carbocycles. The number of benzene rings is 1. The maximum Gasteiger partial charge on any atom is 0.227 e. The molecule has 0 saturated heterocycles. The van der Waals surface area contributed by atoms with Gasteiger partial charge in [0.05, 0.1) is 6.61 Å². The lowest BCUT2D eigenvalue weighted by Crippen LogP contribution is -2.40. The summed E-state index contributed by atoms with van der Waals surface area (Å²) in [6.45, 7) is 9.67. The number of hydrogen-bond acceptors (Lipinski definition) is 6. The molecule has 29 heavy (non-hydrogen) atoms. The molecule has 1 aromatic heterocycles. The number of hydrogen-bond donors (Lipinski definition) is 1. The fourth-order valence-electron chi connectivity index (χ4n) is 2.51. The van der Waals surface area contributed by atoms with E-state index in [9.17, 15) is 24.4 Å². The molecule has 0 aliphatic heterocycles. The highest BCUT2D eigenvalue weighted by Gasteiger charge is 2.37. The fraction of sp³-hybridized carbons (Fsp3) is 0.450. The normalized spacial score (nSPS) is 13.3. The Kier molecular flexibility index (Phi) is 6.64. The van der Waals surface area contributed by atoms with Crippen molar-refractivity contribution in [1.29, 1.82) is 0 Å². The molecule has 0 aliphatic rings. The van der Waals surface area contributed by atoms with Gasteiger partial charge in [-0.05, 0) is 35.8 Å². The van der Waals surface area contributed by atoms with Crippen molar-refractivity contribution in [2.45, 2.75) is 51.4 Å². The van der Waals surface area contributed by atoms with Gasteiger partial charge >= 0.3 is 0 Å². The van der Waals surface area contributed by atoms with Gasteiger partial charge in [0, 0.05) is 11.0 Å². The molecule has 7 nitrogen and oxygen atoms in total. The molecule has 0 unspecified atom stereocenters. The summed E-state index contributed by atoms with van der Waals surface area (Å²) in [6.07, 6.45) is 0. The quantitative estimate of drug-likeness (QED) is 0.402. The molecule has 0 radical (unpaired) electrons.